The predicted octanol–water partition coefficient (Wildman–Crippen LogP) is 3.09. The lowest BCUT2D eigenvalue weighted by Crippen LogP contribution is -2.43. The average molecular weight is 491 g/mol. The fourth-order valence-corrected chi connectivity index (χ4v) is 3.73. The fraction of sp³-hybridized carbons (Fsp3) is 0.524. The van der Waals surface area contributed by atoms with Crippen molar-refractivity contribution in [2.75, 3.05) is 19.8 Å². The molecule has 0 saturated carbocycles. The van der Waals surface area contributed by atoms with Crippen LogP contribution in [-0.4, -0.2) is 60.4 Å². The van der Waals surface area contributed by atoms with Crippen LogP contribution in [0.2, 0.25) is 0 Å². The second kappa shape index (κ2) is 10.1. The molecule has 0 bridgehead atoms. The molecule has 0 radical (unpaired) electrons. The second-order valence-corrected chi connectivity index (χ2v) is 7.95. The van der Waals surface area contributed by atoms with Gasteiger partial charge in [0.25, 0.3) is 5.91 Å². The first-order valence-corrected chi connectivity index (χ1v) is 10.5. The lowest BCUT2D eigenvalue weighted by Gasteiger charge is -2.26. The molecule has 1 aromatic heterocycles. The van der Waals surface area contributed by atoms with Crippen LogP contribution < -0.4 is 14.8 Å². The number of nitrogens with one attached hydrogen (secondary N) is 1. The average Bonchev–Trinajstić information content (AvgIpc) is 3.20. The largest absolute Gasteiger partial charge is 0.491 e. The van der Waals surface area contributed by atoms with Crippen LogP contribution in [0.3, 0.4) is 0 Å². The second-order valence-electron chi connectivity index (χ2n) is 7.95. The highest BCUT2D eigenvalue weighted by atomic mass is 19.4. The van der Waals surface area contributed by atoms with E-state index in [1.165, 1.54) is 10.7 Å². The molecule has 0 spiro atoms. The van der Waals surface area contributed by atoms with Gasteiger partial charge >= 0.3 is 12.8 Å². The molecule has 1 aromatic carbocycles. The molecule has 2 aliphatic heterocycles. The Balaban J connectivity index is 1.32. The zero-order chi connectivity index (χ0) is 24.3. The van der Waals surface area contributed by atoms with E-state index in [1.807, 2.05) is 0 Å². The summed E-state index contributed by atoms with van der Waals surface area (Å²) in [6.45, 7) is -4.10. The first-order chi connectivity index (χ1) is 16.2. The Kier molecular flexibility index (Phi) is 7.22. The molecule has 0 aliphatic carbocycles. The smallest absolute Gasteiger partial charge is 0.411 e. The lowest BCUT2D eigenvalue weighted by atomic mass is 10.0. The van der Waals surface area contributed by atoms with Crippen molar-refractivity contribution < 1.29 is 45.7 Å². The minimum atomic E-state index is -4.40. The Hall–Kier alpha value is -2.93. The number of benzene rings is 1. The molecular formula is C21H22F5N3O5. The van der Waals surface area contributed by atoms with Gasteiger partial charge in [-0.25, -0.2) is 4.68 Å². The number of hydrogen-bond acceptors (Lipinski definition) is 6. The van der Waals surface area contributed by atoms with E-state index in [0.717, 1.165) is 5.56 Å². The van der Waals surface area contributed by atoms with Crippen molar-refractivity contribution in [3.05, 3.63) is 41.1 Å². The van der Waals surface area contributed by atoms with E-state index in [2.05, 4.69) is 15.2 Å². The van der Waals surface area contributed by atoms with Gasteiger partial charge in [0.05, 0.1) is 19.3 Å². The van der Waals surface area contributed by atoms with Crippen molar-refractivity contribution in [3.63, 3.8) is 0 Å². The molecule has 0 saturated heterocycles. The summed E-state index contributed by atoms with van der Waals surface area (Å²) in [7, 11) is 0. The van der Waals surface area contributed by atoms with E-state index < -0.39 is 37.4 Å². The van der Waals surface area contributed by atoms with Crippen LogP contribution >= 0.6 is 0 Å². The Labute approximate surface area is 190 Å². The first kappa shape index (κ1) is 24.2. The quantitative estimate of drug-likeness (QED) is 0.572. The molecule has 4 rings (SSSR count). The summed E-state index contributed by atoms with van der Waals surface area (Å²) < 4.78 is 83.0. The summed E-state index contributed by atoms with van der Waals surface area (Å²) in [5.41, 5.74) is 1.40. The molecule has 0 unspecified atom stereocenters. The van der Waals surface area contributed by atoms with Crippen molar-refractivity contribution in [1.82, 2.24) is 15.1 Å². The number of carbonyl (C=O) groups is 1. The molecule has 186 valence electrons. The summed E-state index contributed by atoms with van der Waals surface area (Å²) >= 11 is 0. The number of hydrogen-bond donors (Lipinski definition) is 1. The maximum atomic E-state index is 12.7. The van der Waals surface area contributed by atoms with Gasteiger partial charge in [-0.15, -0.1) is 0 Å². The molecular weight excluding hydrogens is 469 g/mol. The van der Waals surface area contributed by atoms with E-state index in [1.54, 1.807) is 18.2 Å². The molecule has 2 atom stereocenters. The molecule has 34 heavy (non-hydrogen) atoms. The zero-order valence-corrected chi connectivity index (χ0v) is 17.8. The monoisotopic (exact) mass is 491 g/mol. The molecule has 1 N–H and O–H groups in total. The van der Waals surface area contributed by atoms with Crippen LogP contribution in [0.1, 0.15) is 28.0 Å². The normalized spacial score (nSPS) is 19.7. The first-order valence-electron chi connectivity index (χ1n) is 10.5. The van der Waals surface area contributed by atoms with E-state index in [9.17, 15) is 26.7 Å². The zero-order valence-electron chi connectivity index (χ0n) is 17.8. The van der Waals surface area contributed by atoms with Gasteiger partial charge in [-0.3, -0.25) is 4.79 Å². The van der Waals surface area contributed by atoms with Gasteiger partial charge in [-0.2, -0.15) is 27.1 Å². The van der Waals surface area contributed by atoms with Gasteiger partial charge in [-0.05, 0) is 29.7 Å². The Bertz CT molecular complexity index is 1010. The lowest BCUT2D eigenvalue weighted by molar-refractivity contribution is -0.176. The molecule has 13 heteroatoms. The van der Waals surface area contributed by atoms with Crippen LogP contribution in [0.15, 0.2) is 24.3 Å². The third-order valence-corrected chi connectivity index (χ3v) is 5.23. The van der Waals surface area contributed by atoms with Gasteiger partial charge < -0.3 is 24.3 Å². The number of fused-ring (bicyclic) bond motifs is 2. The number of ether oxygens (including phenoxy) is 4. The number of alkyl halides is 5. The van der Waals surface area contributed by atoms with Crippen LogP contribution in [0, 0.1) is 0 Å². The number of carbonyl (C=O) groups excluding carboxylic acids is 1. The van der Waals surface area contributed by atoms with Crippen LogP contribution in [-0.2, 0) is 29.0 Å². The number of aromatic nitrogens is 2. The van der Waals surface area contributed by atoms with Crippen LogP contribution in [0.5, 0.6) is 11.6 Å². The fourth-order valence-electron chi connectivity index (χ4n) is 3.73. The highest BCUT2D eigenvalue weighted by Gasteiger charge is 2.29. The number of amides is 1. The van der Waals surface area contributed by atoms with Crippen LogP contribution in [0.4, 0.5) is 22.0 Å². The molecule has 1 amide bonds. The summed E-state index contributed by atoms with van der Waals surface area (Å²) in [5.74, 6) is 0.411. The van der Waals surface area contributed by atoms with Gasteiger partial charge in [0.15, 0.2) is 5.69 Å². The van der Waals surface area contributed by atoms with Crippen molar-refractivity contribution in [2.45, 2.75) is 50.9 Å². The number of aryl methyl sites for hydroxylation is 1. The SMILES string of the molecule is O=C(N[C@H]1COc2ccc(COCC(F)(F)F)cc2C1)c1cc2n(n1)CC[C@@H](COC(F)F)O2. The molecule has 0 fully saturated rings. The minimum absolute atomic E-state index is 0.102. The number of rotatable bonds is 8. The number of nitrogens with zero attached hydrogens (tertiary/aromatic N) is 2. The number of halogens is 5. The maximum absolute atomic E-state index is 12.7. The Morgan fingerprint density at radius 3 is 2.88 bits per heavy atom. The third-order valence-electron chi connectivity index (χ3n) is 5.23. The van der Waals surface area contributed by atoms with E-state index in [4.69, 9.17) is 14.2 Å². The Morgan fingerprint density at radius 2 is 2.12 bits per heavy atom. The van der Waals surface area contributed by atoms with Crippen molar-refractivity contribution in [1.29, 1.82) is 0 Å². The standard InChI is InChI=1S/C21H22F5N3O5/c22-20(23)33-10-15-3-4-29-18(34-15)7-16(28-29)19(30)27-14-6-13-5-12(1-2-17(13)32-9-14)8-31-11-21(24,25)26/h1-2,5,7,14-15,20H,3-4,6,8-11H2,(H,27,30)/t14-,15+/m1/s1. The summed E-state index contributed by atoms with van der Waals surface area (Å²) in [6.07, 6.45) is -4.15. The highest BCUT2D eigenvalue weighted by Crippen LogP contribution is 2.27. The van der Waals surface area contributed by atoms with Crippen molar-refractivity contribution >= 4 is 5.91 Å². The summed E-state index contributed by atoms with van der Waals surface area (Å²) in [6, 6.07) is 6.02. The van der Waals surface area contributed by atoms with Gasteiger partial charge in [0.2, 0.25) is 5.88 Å². The topological polar surface area (TPSA) is 83.8 Å². The maximum Gasteiger partial charge on any atom is 0.411 e. The molecule has 2 aliphatic rings. The van der Waals surface area contributed by atoms with E-state index >= 15 is 0 Å². The van der Waals surface area contributed by atoms with Crippen LogP contribution in [0.25, 0.3) is 0 Å². The van der Waals surface area contributed by atoms with Gasteiger partial charge in [0.1, 0.15) is 25.1 Å². The Morgan fingerprint density at radius 1 is 1.29 bits per heavy atom. The highest BCUT2D eigenvalue weighted by molar-refractivity contribution is 5.92. The van der Waals surface area contributed by atoms with E-state index in [-0.39, 0.29) is 31.4 Å². The summed E-state index contributed by atoms with van der Waals surface area (Å²) in [5, 5.41) is 7.02. The van der Waals surface area contributed by atoms with E-state index in [0.29, 0.717) is 30.7 Å². The third kappa shape index (κ3) is 6.35. The van der Waals surface area contributed by atoms with Gasteiger partial charge in [0, 0.05) is 19.0 Å². The minimum Gasteiger partial charge on any atom is -0.491 e. The van der Waals surface area contributed by atoms with Gasteiger partial charge in [-0.1, -0.05) is 6.07 Å². The van der Waals surface area contributed by atoms with Crippen molar-refractivity contribution in [3.8, 4) is 11.6 Å². The molecule has 2 aromatic rings. The molecule has 3 heterocycles. The predicted molar refractivity (Wildman–Crippen MR) is 106 cm³/mol. The summed E-state index contributed by atoms with van der Waals surface area (Å²) in [4.78, 5) is 12.7. The molecule has 8 nitrogen and oxygen atoms in total. The van der Waals surface area contributed by atoms with Crippen molar-refractivity contribution in [2.24, 2.45) is 0 Å².